The molecular weight excluding hydrogens is 188 g/mol. The third-order valence-electron chi connectivity index (χ3n) is 1.61. The van der Waals surface area contributed by atoms with Crippen LogP contribution in [0.2, 0.25) is 0 Å². The van der Waals surface area contributed by atoms with E-state index < -0.39 is 0 Å². The summed E-state index contributed by atoms with van der Waals surface area (Å²) in [5.74, 6) is 4.92. The second-order valence-corrected chi connectivity index (χ2v) is 3.53. The summed E-state index contributed by atoms with van der Waals surface area (Å²) < 4.78 is 4.88. The maximum Gasteiger partial charge on any atom is 0.341 e. The number of nitrogens with two attached hydrogens (primary N) is 1. The number of nitrogens with one attached hydrogen (secondary N) is 1. The summed E-state index contributed by atoms with van der Waals surface area (Å²) in [4.78, 5) is 12.3. The van der Waals surface area contributed by atoms with E-state index in [1.807, 2.05) is 6.92 Å². The maximum atomic E-state index is 11.4. The Labute approximate surface area is 80.7 Å². The van der Waals surface area contributed by atoms with Crippen LogP contribution in [0.5, 0.6) is 0 Å². The molecule has 1 aromatic heterocycles. The molecule has 0 fully saturated rings. The molecule has 0 aliphatic carbocycles. The van der Waals surface area contributed by atoms with Gasteiger partial charge in [0.05, 0.1) is 17.9 Å². The van der Waals surface area contributed by atoms with Crippen LogP contribution in [0.3, 0.4) is 0 Å². The number of aryl methyl sites for hydroxylation is 1. The maximum absolute atomic E-state index is 11.4. The van der Waals surface area contributed by atoms with Gasteiger partial charge in [0, 0.05) is 10.3 Å². The molecule has 5 heteroatoms. The second kappa shape index (κ2) is 4.25. The molecule has 0 radical (unpaired) electrons. The predicted molar refractivity (Wildman–Crippen MR) is 52.8 cm³/mol. The standard InChI is InChI=1S/C8H12N2O2S/c1-3-12-8(11)7-5(2)13-4-6(7)10-9/h4,10H,3,9H2,1-2H3. The zero-order chi connectivity index (χ0) is 9.84. The van der Waals surface area contributed by atoms with Gasteiger partial charge in [0.2, 0.25) is 0 Å². The van der Waals surface area contributed by atoms with Crippen LogP contribution < -0.4 is 11.3 Å². The Hall–Kier alpha value is -1.07. The van der Waals surface area contributed by atoms with Crippen LogP contribution in [0.1, 0.15) is 22.2 Å². The number of hydrogen-bond acceptors (Lipinski definition) is 5. The number of rotatable bonds is 3. The van der Waals surface area contributed by atoms with E-state index in [2.05, 4.69) is 5.43 Å². The summed E-state index contributed by atoms with van der Waals surface area (Å²) in [7, 11) is 0. The zero-order valence-electron chi connectivity index (χ0n) is 7.59. The second-order valence-electron chi connectivity index (χ2n) is 2.45. The minimum atomic E-state index is -0.325. The van der Waals surface area contributed by atoms with E-state index in [0.717, 1.165) is 4.88 Å². The molecule has 0 spiro atoms. The Bertz CT molecular complexity index is 309. The largest absolute Gasteiger partial charge is 0.462 e. The smallest absolute Gasteiger partial charge is 0.341 e. The third-order valence-corrected chi connectivity index (χ3v) is 2.52. The lowest BCUT2D eigenvalue weighted by molar-refractivity contribution is 0.0527. The van der Waals surface area contributed by atoms with Gasteiger partial charge in [0.1, 0.15) is 0 Å². The van der Waals surface area contributed by atoms with Gasteiger partial charge in [-0.25, -0.2) is 4.79 Å². The van der Waals surface area contributed by atoms with Crippen molar-refractivity contribution < 1.29 is 9.53 Å². The van der Waals surface area contributed by atoms with Gasteiger partial charge in [-0.05, 0) is 13.8 Å². The van der Waals surface area contributed by atoms with Crippen LogP contribution in [-0.2, 0) is 4.74 Å². The molecular formula is C8H12N2O2S. The molecule has 0 atom stereocenters. The number of thiophene rings is 1. The van der Waals surface area contributed by atoms with E-state index in [1.165, 1.54) is 11.3 Å². The number of carbonyl (C=O) groups excluding carboxylic acids is 1. The van der Waals surface area contributed by atoms with Crippen molar-refractivity contribution in [2.24, 2.45) is 5.84 Å². The normalized spacial score (nSPS) is 9.77. The van der Waals surface area contributed by atoms with Gasteiger partial charge in [-0.1, -0.05) is 0 Å². The quantitative estimate of drug-likeness (QED) is 0.441. The van der Waals surface area contributed by atoms with Gasteiger partial charge in [-0.3, -0.25) is 5.84 Å². The zero-order valence-corrected chi connectivity index (χ0v) is 8.40. The number of anilines is 1. The fraction of sp³-hybridized carbons (Fsp3) is 0.375. The topological polar surface area (TPSA) is 64.3 Å². The molecule has 4 nitrogen and oxygen atoms in total. The summed E-state index contributed by atoms with van der Waals surface area (Å²) >= 11 is 1.47. The summed E-state index contributed by atoms with van der Waals surface area (Å²) in [5, 5.41) is 1.79. The molecule has 1 aromatic rings. The van der Waals surface area contributed by atoms with Crippen molar-refractivity contribution in [1.82, 2.24) is 0 Å². The van der Waals surface area contributed by atoms with Crippen LogP contribution in [0.4, 0.5) is 5.69 Å². The first-order chi connectivity index (χ1) is 6.20. The summed E-state index contributed by atoms with van der Waals surface area (Å²) in [5.41, 5.74) is 3.63. The van der Waals surface area contributed by atoms with E-state index in [-0.39, 0.29) is 5.97 Å². The number of carbonyl (C=O) groups is 1. The number of nitrogen functional groups attached to an aromatic ring is 1. The third kappa shape index (κ3) is 1.99. The lowest BCUT2D eigenvalue weighted by Gasteiger charge is -2.03. The van der Waals surface area contributed by atoms with Gasteiger partial charge in [0.25, 0.3) is 0 Å². The fourth-order valence-electron chi connectivity index (χ4n) is 1.02. The Morgan fingerprint density at radius 2 is 2.46 bits per heavy atom. The highest BCUT2D eigenvalue weighted by molar-refractivity contribution is 7.10. The van der Waals surface area contributed by atoms with Gasteiger partial charge < -0.3 is 10.2 Å². The number of hydrogen-bond donors (Lipinski definition) is 2. The average molecular weight is 200 g/mol. The summed E-state index contributed by atoms with van der Waals surface area (Å²) in [6, 6.07) is 0. The Balaban J connectivity index is 2.96. The molecule has 0 amide bonds. The first-order valence-corrected chi connectivity index (χ1v) is 4.80. The van der Waals surface area contributed by atoms with E-state index >= 15 is 0 Å². The van der Waals surface area contributed by atoms with E-state index in [9.17, 15) is 4.79 Å². The Morgan fingerprint density at radius 3 is 3.00 bits per heavy atom. The number of hydrazine groups is 1. The van der Waals surface area contributed by atoms with Crippen molar-refractivity contribution in [2.75, 3.05) is 12.0 Å². The number of ether oxygens (including phenoxy) is 1. The molecule has 0 bridgehead atoms. The molecule has 0 saturated heterocycles. The van der Waals surface area contributed by atoms with Crippen molar-refractivity contribution in [3.8, 4) is 0 Å². The van der Waals surface area contributed by atoms with Crippen molar-refractivity contribution >= 4 is 23.0 Å². The molecule has 0 aromatic carbocycles. The van der Waals surface area contributed by atoms with Crippen molar-refractivity contribution in [2.45, 2.75) is 13.8 Å². The monoisotopic (exact) mass is 200 g/mol. The van der Waals surface area contributed by atoms with Crippen molar-refractivity contribution in [1.29, 1.82) is 0 Å². The van der Waals surface area contributed by atoms with Crippen LogP contribution in [0.15, 0.2) is 5.38 Å². The highest BCUT2D eigenvalue weighted by atomic mass is 32.1. The molecule has 0 aliphatic rings. The van der Waals surface area contributed by atoms with Crippen molar-refractivity contribution in [3.63, 3.8) is 0 Å². The SMILES string of the molecule is CCOC(=O)c1c(NN)csc1C. The Kier molecular flexibility index (Phi) is 3.27. The summed E-state index contributed by atoms with van der Waals surface area (Å²) in [6.45, 7) is 4.01. The minimum Gasteiger partial charge on any atom is -0.462 e. The van der Waals surface area contributed by atoms with Crippen LogP contribution in [0.25, 0.3) is 0 Å². The number of esters is 1. The van der Waals surface area contributed by atoms with Crippen LogP contribution in [-0.4, -0.2) is 12.6 Å². The first kappa shape index (κ1) is 10.0. The molecule has 3 N–H and O–H groups in total. The van der Waals surface area contributed by atoms with Crippen molar-refractivity contribution in [3.05, 3.63) is 15.8 Å². The molecule has 0 unspecified atom stereocenters. The first-order valence-electron chi connectivity index (χ1n) is 3.92. The highest BCUT2D eigenvalue weighted by Gasteiger charge is 2.16. The highest BCUT2D eigenvalue weighted by Crippen LogP contribution is 2.26. The lowest BCUT2D eigenvalue weighted by atomic mass is 10.2. The van der Waals surface area contributed by atoms with Gasteiger partial charge >= 0.3 is 5.97 Å². The molecule has 1 rings (SSSR count). The molecule has 13 heavy (non-hydrogen) atoms. The predicted octanol–water partition coefficient (Wildman–Crippen LogP) is 1.52. The van der Waals surface area contributed by atoms with Crippen LogP contribution in [0, 0.1) is 6.92 Å². The van der Waals surface area contributed by atoms with Crippen LogP contribution >= 0.6 is 11.3 Å². The van der Waals surface area contributed by atoms with Gasteiger partial charge in [0.15, 0.2) is 0 Å². The molecule has 0 saturated carbocycles. The molecule has 1 heterocycles. The minimum absolute atomic E-state index is 0.325. The Morgan fingerprint density at radius 1 is 1.77 bits per heavy atom. The molecule has 72 valence electrons. The van der Waals surface area contributed by atoms with E-state index in [4.69, 9.17) is 10.6 Å². The summed E-state index contributed by atoms with van der Waals surface area (Å²) in [6.07, 6.45) is 0. The van der Waals surface area contributed by atoms with E-state index in [1.54, 1.807) is 12.3 Å². The fourth-order valence-corrected chi connectivity index (χ4v) is 1.81. The van der Waals surface area contributed by atoms with Gasteiger partial charge in [-0.2, -0.15) is 0 Å². The van der Waals surface area contributed by atoms with E-state index in [0.29, 0.717) is 17.9 Å². The molecule has 0 aliphatic heterocycles. The average Bonchev–Trinajstić information content (AvgIpc) is 2.47. The lowest BCUT2D eigenvalue weighted by Crippen LogP contribution is -2.12. The van der Waals surface area contributed by atoms with Gasteiger partial charge in [-0.15, -0.1) is 11.3 Å².